The minimum Gasteiger partial charge on any atom is -0.341 e. The van der Waals surface area contributed by atoms with Crippen molar-refractivity contribution in [2.45, 2.75) is 0 Å². The zero-order valence-corrected chi connectivity index (χ0v) is 3.91. The van der Waals surface area contributed by atoms with Gasteiger partial charge in [-0.2, -0.15) is 0 Å². The number of nitrogens with one attached hydrogen (secondary N) is 2. The van der Waals surface area contributed by atoms with Crippen LogP contribution in [0, 0.1) is 0 Å². The summed E-state index contributed by atoms with van der Waals surface area (Å²) in [6.45, 7) is 0. The number of urea groups is 1. The minimum atomic E-state index is -0.157. The Hall–Kier alpha value is -0.730. The lowest BCUT2D eigenvalue weighted by molar-refractivity contribution is 0.245. The standard InChI is InChI=1S/C3H8N2O.H2/c1-4-3(6)5-2;/h1-2H3,(H2,4,5,6);1H/i;1+1. The van der Waals surface area contributed by atoms with Crippen LogP contribution < -0.4 is 10.6 Å². The Balaban J connectivity index is 0. The molecule has 0 aliphatic carbocycles. The molecule has 0 aromatic heterocycles. The molecule has 0 aliphatic heterocycles. The molecular weight excluding hydrogens is 80.0 g/mol. The normalized spacial score (nSPS) is 7.00. The molecule has 0 saturated carbocycles. The molecule has 0 bridgehead atoms. The van der Waals surface area contributed by atoms with E-state index in [0.717, 1.165) is 0 Å². The zero-order chi connectivity index (χ0) is 4.99. The van der Waals surface area contributed by atoms with Crippen LogP contribution in [0.1, 0.15) is 1.43 Å². The highest BCUT2D eigenvalue weighted by Crippen LogP contribution is 1.48. The quantitative estimate of drug-likeness (QED) is 0.425. The van der Waals surface area contributed by atoms with E-state index in [1.807, 2.05) is 0 Å². The van der Waals surface area contributed by atoms with Gasteiger partial charge in [0.25, 0.3) is 0 Å². The van der Waals surface area contributed by atoms with Gasteiger partial charge in [-0.15, -0.1) is 0 Å². The van der Waals surface area contributed by atoms with Crippen LogP contribution in [0.15, 0.2) is 0 Å². The number of carbonyl (C=O) groups excluding carboxylic acids is 1. The van der Waals surface area contributed by atoms with Crippen LogP contribution >= 0.6 is 0 Å². The van der Waals surface area contributed by atoms with Crippen molar-refractivity contribution in [3.05, 3.63) is 0 Å². The van der Waals surface area contributed by atoms with E-state index in [0.29, 0.717) is 0 Å². The van der Waals surface area contributed by atoms with Crippen molar-refractivity contribution in [2.24, 2.45) is 0 Å². The van der Waals surface area contributed by atoms with E-state index in [-0.39, 0.29) is 7.46 Å². The van der Waals surface area contributed by atoms with Crippen LogP contribution in [0.5, 0.6) is 0 Å². The predicted molar refractivity (Wildman–Crippen MR) is 25.6 cm³/mol. The number of rotatable bonds is 0. The Bertz CT molecular complexity index is 50.9. The lowest BCUT2D eigenvalue weighted by Crippen LogP contribution is -2.28. The first-order chi connectivity index (χ1) is 2.81. The second kappa shape index (κ2) is 2.50. The molecule has 0 aromatic carbocycles. The lowest BCUT2D eigenvalue weighted by Gasteiger charge is -1.91. The third-order valence-electron chi connectivity index (χ3n) is 0.454. The molecule has 0 atom stereocenters. The van der Waals surface area contributed by atoms with Gasteiger partial charge >= 0.3 is 6.03 Å². The summed E-state index contributed by atoms with van der Waals surface area (Å²) < 4.78 is 0. The van der Waals surface area contributed by atoms with Crippen LogP contribution in [0.4, 0.5) is 4.79 Å². The van der Waals surface area contributed by atoms with E-state index in [1.54, 1.807) is 14.1 Å². The fourth-order valence-corrected chi connectivity index (χ4v) is 0.125. The summed E-state index contributed by atoms with van der Waals surface area (Å²) in [7, 11) is 3.14. The van der Waals surface area contributed by atoms with E-state index in [4.69, 9.17) is 0 Å². The predicted octanol–water partition coefficient (Wildman–Crippen LogP) is -0.209. The smallest absolute Gasteiger partial charge is 0.314 e. The van der Waals surface area contributed by atoms with Gasteiger partial charge < -0.3 is 10.6 Å². The van der Waals surface area contributed by atoms with E-state index < -0.39 is 0 Å². The minimum absolute atomic E-state index is 0. The SMILES string of the molecule is CNC(=O)NC.[2HH]. The maximum absolute atomic E-state index is 9.96. The molecule has 0 aromatic rings. The monoisotopic (exact) mass is 91.1 g/mol. The molecule has 0 fully saturated rings. The van der Waals surface area contributed by atoms with Crippen molar-refractivity contribution < 1.29 is 6.22 Å². The summed E-state index contributed by atoms with van der Waals surface area (Å²) in [5, 5.41) is 4.73. The van der Waals surface area contributed by atoms with Crippen LogP contribution in [-0.4, -0.2) is 20.1 Å². The van der Waals surface area contributed by atoms with Crippen molar-refractivity contribution in [3.63, 3.8) is 0 Å². The van der Waals surface area contributed by atoms with E-state index in [9.17, 15) is 4.79 Å². The average Bonchev–Trinajstić information content (AvgIpc) is 1.65. The average molecular weight is 91.1 g/mol. The van der Waals surface area contributed by atoms with E-state index in [1.165, 1.54) is 0 Å². The summed E-state index contributed by atoms with van der Waals surface area (Å²) >= 11 is 0. The van der Waals surface area contributed by atoms with Gasteiger partial charge in [-0.25, -0.2) is 4.79 Å². The Kier molecular flexibility index (Phi) is 2.20. The molecule has 0 rings (SSSR count). The second-order valence-corrected chi connectivity index (χ2v) is 0.829. The summed E-state index contributed by atoms with van der Waals surface area (Å²) in [6.07, 6.45) is 0. The highest BCUT2D eigenvalue weighted by Gasteiger charge is 1.81. The largest absolute Gasteiger partial charge is 0.341 e. The third-order valence-corrected chi connectivity index (χ3v) is 0.454. The first-order valence-electron chi connectivity index (χ1n) is 1.70. The maximum atomic E-state index is 9.96. The molecule has 3 nitrogen and oxygen atoms in total. The summed E-state index contributed by atoms with van der Waals surface area (Å²) in [4.78, 5) is 9.96. The molecule has 0 radical (unpaired) electrons. The van der Waals surface area contributed by atoms with Crippen LogP contribution in [-0.2, 0) is 0 Å². The summed E-state index contributed by atoms with van der Waals surface area (Å²) in [5.41, 5.74) is 0. The van der Waals surface area contributed by atoms with Gasteiger partial charge in [-0.3, -0.25) is 0 Å². The Morgan fingerprint density at radius 1 is 1.50 bits per heavy atom. The number of hydrogen-bond acceptors (Lipinski definition) is 1. The molecule has 0 spiro atoms. The highest BCUT2D eigenvalue weighted by molar-refractivity contribution is 5.72. The number of carbonyl (C=O) groups is 1. The first kappa shape index (κ1) is 5.27. The van der Waals surface area contributed by atoms with Gasteiger partial charge in [-0.1, -0.05) is 0 Å². The Labute approximate surface area is 38.2 Å². The van der Waals surface area contributed by atoms with Gasteiger partial charge in [0.05, 0.1) is 0 Å². The van der Waals surface area contributed by atoms with Gasteiger partial charge in [0.2, 0.25) is 0 Å². The molecule has 38 valence electrons. The first-order valence-corrected chi connectivity index (χ1v) is 1.70. The molecule has 2 N–H and O–H groups in total. The summed E-state index contributed by atoms with van der Waals surface area (Å²) in [5.74, 6) is 0. The van der Waals surface area contributed by atoms with Crippen molar-refractivity contribution in [1.82, 2.24) is 10.6 Å². The fourth-order valence-electron chi connectivity index (χ4n) is 0.125. The van der Waals surface area contributed by atoms with Crippen molar-refractivity contribution in [3.8, 4) is 0 Å². The molecule has 6 heavy (non-hydrogen) atoms. The number of amides is 2. The Morgan fingerprint density at radius 2 is 1.83 bits per heavy atom. The van der Waals surface area contributed by atoms with Gasteiger partial charge in [0.1, 0.15) is 0 Å². The Morgan fingerprint density at radius 3 is 1.83 bits per heavy atom. The van der Waals surface area contributed by atoms with Crippen LogP contribution in [0.3, 0.4) is 0 Å². The van der Waals surface area contributed by atoms with Crippen molar-refractivity contribution in [2.75, 3.05) is 14.1 Å². The maximum Gasteiger partial charge on any atom is 0.314 e. The van der Waals surface area contributed by atoms with Crippen molar-refractivity contribution in [1.29, 1.82) is 0 Å². The van der Waals surface area contributed by atoms with E-state index in [2.05, 4.69) is 10.6 Å². The summed E-state index contributed by atoms with van der Waals surface area (Å²) in [6, 6.07) is -0.157. The molecule has 0 heterocycles. The fraction of sp³-hybridized carbons (Fsp3) is 0.667. The van der Waals surface area contributed by atoms with Crippen molar-refractivity contribution >= 4 is 6.03 Å². The zero-order valence-electron chi connectivity index (χ0n) is 3.91. The number of hydrogen-bond donors (Lipinski definition) is 2. The van der Waals surface area contributed by atoms with Gasteiger partial charge in [0, 0.05) is 15.5 Å². The molecule has 2 amide bonds. The van der Waals surface area contributed by atoms with Crippen LogP contribution in [0.2, 0.25) is 0 Å². The van der Waals surface area contributed by atoms with Gasteiger partial charge in [0.15, 0.2) is 0 Å². The lowest BCUT2D eigenvalue weighted by atomic mass is 11.0. The molecule has 0 aliphatic rings. The van der Waals surface area contributed by atoms with Crippen LogP contribution in [0.25, 0.3) is 0 Å². The van der Waals surface area contributed by atoms with E-state index >= 15 is 0 Å². The molecule has 0 saturated heterocycles. The highest BCUT2D eigenvalue weighted by atomic mass is 16.2. The molecule has 0 unspecified atom stereocenters. The van der Waals surface area contributed by atoms with Gasteiger partial charge in [-0.05, 0) is 0 Å². The second-order valence-electron chi connectivity index (χ2n) is 0.829. The molecular formula is C3H10N2O. The third kappa shape index (κ3) is 1.58. The molecule has 3 heteroatoms. The topological polar surface area (TPSA) is 41.1 Å².